The van der Waals surface area contributed by atoms with Crippen LogP contribution < -0.4 is 9.80 Å². The predicted octanol–water partition coefficient (Wildman–Crippen LogP) is 30.6. The van der Waals surface area contributed by atoms with Gasteiger partial charge in [0.25, 0.3) is 0 Å². The number of hydrogen-bond acceptors (Lipinski definition) is 2. The lowest BCUT2D eigenvalue weighted by molar-refractivity contribution is 0.660. The summed E-state index contributed by atoms with van der Waals surface area (Å²) in [5.41, 5.74) is 42.0. The zero-order chi connectivity index (χ0) is 80.9. The van der Waals surface area contributed by atoms with Crippen LogP contribution in [0.2, 0.25) is 0 Å². The summed E-state index contributed by atoms with van der Waals surface area (Å²) in [4.78, 5) is 4.75. The Kier molecular flexibility index (Phi) is 16.6. The molecule has 17 aromatic carbocycles. The van der Waals surface area contributed by atoms with Crippen molar-refractivity contribution in [3.63, 3.8) is 0 Å². The molecule has 2 aromatic heterocycles. The first-order chi connectivity index (χ1) is 58.6. The number of para-hydroxylation sites is 1. The number of rotatable bonds is 12. The quantitative estimate of drug-likeness (QED) is 0.121. The molecule has 0 radical (unpaired) electrons. The average Bonchev–Trinajstić information content (AvgIpc) is 1.51. The topological polar surface area (TPSA) is 16.3 Å². The molecule has 0 saturated carbocycles. The molecule has 0 aliphatic heterocycles. The van der Waals surface area contributed by atoms with Crippen molar-refractivity contribution < 1.29 is 0 Å². The molecule has 19 aromatic rings. The molecule has 2 heterocycles. The molecular weight excluding hydrogens is 1450 g/mol. The van der Waals surface area contributed by atoms with Gasteiger partial charge in [-0.15, -0.1) is 0 Å². The molecule has 0 amide bonds. The maximum absolute atomic E-state index is 2.57. The van der Waals surface area contributed by atoms with Crippen LogP contribution in [0.5, 0.6) is 0 Å². The Labute approximate surface area is 703 Å². The van der Waals surface area contributed by atoms with Gasteiger partial charge in [-0.05, 0) is 240 Å². The molecule has 574 valence electrons. The van der Waals surface area contributed by atoms with Crippen LogP contribution in [0, 0.1) is 13.8 Å². The highest BCUT2D eigenvalue weighted by Crippen LogP contribution is 2.62. The fourth-order valence-electron chi connectivity index (χ4n) is 21.3. The van der Waals surface area contributed by atoms with E-state index in [-0.39, 0.29) is 16.2 Å². The maximum Gasteiger partial charge on any atom is 0.0735 e. The van der Waals surface area contributed by atoms with Gasteiger partial charge in [0.05, 0.1) is 33.5 Å². The Bertz CT molecular complexity index is 7230. The smallest absolute Gasteiger partial charge is 0.0735 e. The molecule has 0 atom stereocenters. The van der Waals surface area contributed by atoms with Crippen molar-refractivity contribution in [3.8, 4) is 78.4 Å². The highest BCUT2D eigenvalue weighted by atomic mass is 15.1. The molecule has 0 fully saturated rings. The molecule has 4 heteroatoms. The molecule has 120 heavy (non-hydrogen) atoms. The van der Waals surface area contributed by atoms with Crippen molar-refractivity contribution >= 4 is 66.7 Å². The fourth-order valence-corrected chi connectivity index (χ4v) is 21.3. The van der Waals surface area contributed by atoms with Gasteiger partial charge in [-0.3, -0.25) is 0 Å². The largest absolute Gasteiger partial charge is 0.310 e. The number of aromatic nitrogens is 2. The highest BCUT2D eigenvalue weighted by Gasteiger charge is 2.50. The van der Waals surface area contributed by atoms with Crippen molar-refractivity contribution in [2.24, 2.45) is 0 Å². The van der Waals surface area contributed by atoms with E-state index in [1.807, 2.05) is 0 Å². The highest BCUT2D eigenvalue weighted by molar-refractivity contribution is 6.06. The summed E-state index contributed by atoms with van der Waals surface area (Å²) in [5.74, 6) is 0. The summed E-state index contributed by atoms with van der Waals surface area (Å²) in [5, 5.41) is 5.07. The molecule has 4 nitrogen and oxygen atoms in total. The van der Waals surface area contributed by atoms with Gasteiger partial charge in [0.15, 0.2) is 0 Å². The van der Waals surface area contributed by atoms with Crippen LogP contribution in [0.1, 0.15) is 108 Å². The molecule has 23 rings (SSSR count). The van der Waals surface area contributed by atoms with Crippen LogP contribution in [0.15, 0.2) is 400 Å². The third-order valence-corrected chi connectivity index (χ3v) is 26.9. The zero-order valence-corrected chi connectivity index (χ0v) is 68.9. The molecule has 0 spiro atoms. The monoisotopic (exact) mass is 1540 g/mol. The van der Waals surface area contributed by atoms with Gasteiger partial charge in [0.2, 0.25) is 0 Å². The number of hydrogen-bond donors (Lipinski definition) is 0. The maximum atomic E-state index is 2.57. The first-order valence-corrected chi connectivity index (χ1v) is 42.3. The van der Waals surface area contributed by atoms with E-state index >= 15 is 0 Å². The van der Waals surface area contributed by atoms with Crippen molar-refractivity contribution in [2.75, 3.05) is 9.80 Å². The molecule has 0 N–H and O–H groups in total. The normalized spacial score (nSPS) is 14.1. The lowest BCUT2D eigenvalue weighted by atomic mass is 9.67. The first kappa shape index (κ1) is 72.2. The third-order valence-electron chi connectivity index (χ3n) is 26.9. The number of anilines is 6. The lowest BCUT2D eigenvalue weighted by Gasteiger charge is -2.33. The summed E-state index contributed by atoms with van der Waals surface area (Å²) < 4.78 is 5.10. The van der Waals surface area contributed by atoms with Crippen molar-refractivity contribution in [1.82, 2.24) is 9.13 Å². The van der Waals surface area contributed by atoms with Gasteiger partial charge in [0.1, 0.15) is 0 Å². The third kappa shape index (κ3) is 11.0. The summed E-state index contributed by atoms with van der Waals surface area (Å²) in [6.45, 7) is 18.6. The summed E-state index contributed by atoms with van der Waals surface area (Å²) in [6, 6.07) is 149. The molecule has 0 unspecified atom stereocenters. The van der Waals surface area contributed by atoms with Crippen molar-refractivity contribution in [2.45, 2.75) is 77.0 Å². The second-order valence-electron chi connectivity index (χ2n) is 34.9. The van der Waals surface area contributed by atoms with Crippen molar-refractivity contribution in [3.05, 3.63) is 467 Å². The molecule has 4 aliphatic carbocycles. The molecule has 0 saturated heterocycles. The summed E-state index contributed by atoms with van der Waals surface area (Å²) >= 11 is 0. The van der Waals surface area contributed by atoms with Crippen LogP contribution in [-0.4, -0.2) is 9.13 Å². The van der Waals surface area contributed by atoms with E-state index in [1.165, 1.54) is 178 Å². The zero-order valence-electron chi connectivity index (χ0n) is 68.9. The van der Waals surface area contributed by atoms with Crippen molar-refractivity contribution in [1.29, 1.82) is 0 Å². The van der Waals surface area contributed by atoms with Gasteiger partial charge in [0, 0.05) is 88.9 Å². The van der Waals surface area contributed by atoms with E-state index < -0.39 is 5.41 Å². The van der Waals surface area contributed by atoms with E-state index in [9.17, 15) is 0 Å². The number of fused-ring (bicyclic) bond motifs is 17. The lowest BCUT2D eigenvalue weighted by Crippen LogP contribution is -2.28. The summed E-state index contributed by atoms with van der Waals surface area (Å²) in [6.07, 6.45) is 0. The van der Waals surface area contributed by atoms with Gasteiger partial charge >= 0.3 is 0 Å². The Morgan fingerprint density at radius 1 is 0.233 bits per heavy atom. The van der Waals surface area contributed by atoms with Crippen LogP contribution in [-0.2, 0) is 21.7 Å². The fraction of sp³-hybridized carbons (Fsp3) is 0.103. The minimum Gasteiger partial charge on any atom is -0.310 e. The van der Waals surface area contributed by atoms with Crippen LogP contribution in [0.25, 0.3) is 111 Å². The van der Waals surface area contributed by atoms with Gasteiger partial charge in [-0.25, -0.2) is 0 Å². The average molecular weight is 1540 g/mol. The molecule has 4 aliphatic rings. The van der Waals surface area contributed by atoms with E-state index in [0.717, 1.165) is 34.1 Å². The number of benzene rings is 17. The molecular formula is C116H90N4. The number of nitrogens with zero attached hydrogens (tertiary/aromatic N) is 4. The van der Waals surface area contributed by atoms with Crippen LogP contribution in [0.4, 0.5) is 34.1 Å². The van der Waals surface area contributed by atoms with E-state index in [0.29, 0.717) is 0 Å². The first-order valence-electron chi connectivity index (χ1n) is 42.3. The van der Waals surface area contributed by atoms with E-state index in [1.54, 1.807) is 0 Å². The van der Waals surface area contributed by atoms with Crippen LogP contribution in [0.3, 0.4) is 0 Å². The summed E-state index contributed by atoms with van der Waals surface area (Å²) in [7, 11) is 0. The second kappa shape index (κ2) is 27.7. The molecule has 0 bridgehead atoms. The second-order valence-corrected chi connectivity index (χ2v) is 34.9. The van der Waals surface area contributed by atoms with Gasteiger partial charge in [-0.2, -0.15) is 0 Å². The van der Waals surface area contributed by atoms with E-state index in [2.05, 4.69) is 475 Å². The Morgan fingerprint density at radius 3 is 1.18 bits per heavy atom. The Hall–Kier alpha value is -14.3. The Balaban J connectivity index is 0.000000145. The standard InChI is InChI=1S/C62H48N2.C54H42N2/c1-41-17-15-23-48(37-41)63(49-24-16-18-42(2)38-49)47-32-29-43(30-33-47)44-31-36-58-54(39-44)59-60(64(58)50-34-35-52-51-25-11-13-27-55(51)61(3,4)57(52)40-50)53-26-12-14-28-56(53)62(59,45-19-7-5-8-20-45)46-21-9-6-10-22-46;1-53(2)46-22-12-10-20-42(46)43-31-30-40(34-48(43)53)55(38-17-6-5-7-18-38)39-28-25-35(26-29-39)37-27-32-50-45(33-37)51-52(44-21-11-13-23-47(44)54(51,3)4)56(50)49-24-14-16-36-15-8-9-19-41(36)49/h5-40H,1-4H3;5-34H,1-4H3. The van der Waals surface area contributed by atoms with E-state index in [4.69, 9.17) is 0 Å². The van der Waals surface area contributed by atoms with Gasteiger partial charge < -0.3 is 18.9 Å². The predicted molar refractivity (Wildman–Crippen MR) is 504 cm³/mol. The van der Waals surface area contributed by atoms with Crippen LogP contribution >= 0.6 is 0 Å². The Morgan fingerprint density at radius 2 is 0.617 bits per heavy atom. The minimum absolute atomic E-state index is 0.0739. The SMILES string of the molecule is CC1(C)c2ccccc2-c2ccc(N(c3ccccc3)c3ccc(-c4ccc5c(c4)c4c(n5-c5cccc6ccccc56)-c5ccccc5C4(C)C)cc3)cc21.Cc1cccc(N(c2ccc(-c3ccc4c(c3)c3c(n4-c4ccc5c(c4)C(C)(C)c4ccccc4-5)-c4ccccc4C3(c3ccccc3)c3ccccc3)cc2)c2cccc(C)c2)c1. The van der Waals surface area contributed by atoms with Gasteiger partial charge in [-0.1, -0.05) is 327 Å². The minimum atomic E-state index is -0.561. The number of aryl methyl sites for hydroxylation is 2.